The molecule has 0 aliphatic carbocycles. The van der Waals surface area contributed by atoms with Gasteiger partial charge in [0.2, 0.25) is 0 Å². The number of alkyl halides is 9. The van der Waals surface area contributed by atoms with Crippen LogP contribution in [0, 0.1) is 12.7 Å². The molecule has 3 aromatic carbocycles. The molecular formula is C28H20ClF10NO3. The second kappa shape index (κ2) is 12.4. The van der Waals surface area contributed by atoms with Crippen molar-refractivity contribution in [2.45, 2.75) is 44.9 Å². The third kappa shape index (κ3) is 6.58. The highest BCUT2D eigenvalue weighted by Crippen LogP contribution is 2.54. The first-order valence-electron chi connectivity index (χ1n) is 12.1. The van der Waals surface area contributed by atoms with Gasteiger partial charge in [0, 0.05) is 34.7 Å². The number of halogens is 11. The minimum Gasteiger partial charge on any atom is -0.434 e. The van der Waals surface area contributed by atoms with Crippen LogP contribution in [0.5, 0.6) is 5.75 Å². The monoisotopic (exact) mass is 643 g/mol. The summed E-state index contributed by atoms with van der Waals surface area (Å²) in [5.41, 5.74) is -9.42. The summed E-state index contributed by atoms with van der Waals surface area (Å²) in [5.74, 6) is -4.56. The lowest BCUT2D eigenvalue weighted by atomic mass is 9.91. The van der Waals surface area contributed by atoms with E-state index in [-0.39, 0.29) is 29.9 Å². The summed E-state index contributed by atoms with van der Waals surface area (Å²) in [5, 5.41) is -1.17. The summed E-state index contributed by atoms with van der Waals surface area (Å²) in [6.45, 7) is -0.754. The fourth-order valence-corrected chi connectivity index (χ4v) is 4.53. The highest BCUT2D eigenvalue weighted by molar-refractivity contribution is 6.32. The van der Waals surface area contributed by atoms with Gasteiger partial charge in [-0.3, -0.25) is 9.59 Å². The second-order valence-corrected chi connectivity index (χ2v) is 9.48. The Bertz CT molecular complexity index is 1510. The van der Waals surface area contributed by atoms with E-state index in [1.807, 2.05) is 0 Å². The van der Waals surface area contributed by atoms with Gasteiger partial charge in [-0.2, -0.15) is 35.1 Å². The van der Waals surface area contributed by atoms with Crippen LogP contribution in [0.25, 0.3) is 0 Å². The molecule has 4 nitrogen and oxygen atoms in total. The molecule has 15 heteroatoms. The molecule has 232 valence electrons. The van der Waals surface area contributed by atoms with Crippen LogP contribution in [0.15, 0.2) is 54.6 Å². The van der Waals surface area contributed by atoms with Crippen LogP contribution >= 0.6 is 11.6 Å². The topological polar surface area (TPSA) is 46.6 Å². The van der Waals surface area contributed by atoms with Crippen molar-refractivity contribution in [1.29, 1.82) is 0 Å². The number of nitrogens with zero attached hydrogens (tertiary/aromatic N) is 1. The first-order chi connectivity index (χ1) is 19.8. The number of carbonyl (C=O) groups excluding carboxylic acids is 2. The molecule has 0 aromatic heterocycles. The van der Waals surface area contributed by atoms with Crippen molar-refractivity contribution in [1.82, 2.24) is 0 Å². The molecule has 0 heterocycles. The molecule has 1 amide bonds. The molecule has 0 unspecified atom stereocenters. The van der Waals surface area contributed by atoms with Crippen molar-refractivity contribution in [3.8, 4) is 5.75 Å². The van der Waals surface area contributed by atoms with E-state index in [2.05, 4.69) is 4.74 Å². The quantitative estimate of drug-likeness (QED) is 0.173. The molecule has 0 aliphatic rings. The number of ketones is 1. The van der Waals surface area contributed by atoms with E-state index in [4.69, 9.17) is 11.6 Å². The van der Waals surface area contributed by atoms with Gasteiger partial charge in [0.25, 0.3) is 5.91 Å². The number of ether oxygens (including phenoxy) is 1. The van der Waals surface area contributed by atoms with E-state index in [1.54, 1.807) is 25.1 Å². The molecule has 3 aromatic rings. The lowest BCUT2D eigenvalue weighted by molar-refractivity contribution is -0.348. The van der Waals surface area contributed by atoms with Crippen LogP contribution in [0.4, 0.5) is 49.6 Å². The number of Topliss-reactive ketones (excluding diaryl/α,β-unsaturated/α-hetero) is 1. The Morgan fingerprint density at radius 1 is 0.907 bits per heavy atom. The fourth-order valence-electron chi connectivity index (χ4n) is 4.25. The normalized spacial score (nSPS) is 12.4. The molecule has 43 heavy (non-hydrogen) atoms. The Morgan fingerprint density at radius 2 is 1.49 bits per heavy atom. The van der Waals surface area contributed by atoms with Gasteiger partial charge in [0.15, 0.2) is 11.6 Å². The SMILES string of the molecule is CCN(C(=O)c1ccccc1C)c1cccc(C(=O)Cc2c(Cl)cc(C(F)(C(F)(F)F)C(F)(F)F)cc2OC(F)F)c1F. The van der Waals surface area contributed by atoms with E-state index in [0.717, 1.165) is 11.0 Å². The standard InChI is InChI=1S/C28H20ClF10NO3/c1-3-40(24(42)16-8-5-4-7-14(16)2)20-10-6-9-17(23(20)30)21(41)13-18-19(29)11-15(12-22(18)43-25(31)32)26(33,27(34,35)36)28(37,38)39/h4-12,25H,3,13H2,1-2H3. The maximum absolute atomic E-state index is 15.6. The van der Waals surface area contributed by atoms with Gasteiger partial charge >= 0.3 is 24.6 Å². The van der Waals surface area contributed by atoms with Crippen LogP contribution in [0.1, 0.15) is 44.3 Å². The van der Waals surface area contributed by atoms with Gasteiger partial charge in [0.05, 0.1) is 11.3 Å². The van der Waals surface area contributed by atoms with Crippen molar-refractivity contribution in [3.05, 3.63) is 93.3 Å². The van der Waals surface area contributed by atoms with Crippen molar-refractivity contribution >= 4 is 29.0 Å². The summed E-state index contributed by atoms with van der Waals surface area (Å²) in [6, 6.07) is 9.27. The summed E-state index contributed by atoms with van der Waals surface area (Å²) >= 11 is 5.80. The number of amides is 1. The smallest absolute Gasteiger partial charge is 0.434 e. The average molecular weight is 644 g/mol. The summed E-state index contributed by atoms with van der Waals surface area (Å²) in [4.78, 5) is 27.3. The zero-order valence-electron chi connectivity index (χ0n) is 22.0. The highest BCUT2D eigenvalue weighted by Gasteiger charge is 2.73. The minimum atomic E-state index is -6.60. The lowest BCUT2D eigenvalue weighted by Crippen LogP contribution is -2.50. The van der Waals surface area contributed by atoms with Crippen molar-refractivity contribution in [3.63, 3.8) is 0 Å². The van der Waals surface area contributed by atoms with Crippen LogP contribution in [0.2, 0.25) is 5.02 Å². The number of hydrogen-bond donors (Lipinski definition) is 0. The fraction of sp³-hybridized carbons (Fsp3) is 0.286. The van der Waals surface area contributed by atoms with Crippen LogP contribution in [0.3, 0.4) is 0 Å². The van der Waals surface area contributed by atoms with E-state index in [1.165, 1.54) is 25.1 Å². The van der Waals surface area contributed by atoms with Crippen molar-refractivity contribution in [2.24, 2.45) is 0 Å². The van der Waals surface area contributed by atoms with Gasteiger partial charge in [-0.05, 0) is 49.7 Å². The number of benzene rings is 3. The Hall–Kier alpha value is -3.81. The minimum absolute atomic E-state index is 0.0647. The van der Waals surface area contributed by atoms with Gasteiger partial charge < -0.3 is 9.64 Å². The summed E-state index contributed by atoms with van der Waals surface area (Å²) in [7, 11) is 0. The Kier molecular flexibility index (Phi) is 9.74. The third-order valence-electron chi connectivity index (χ3n) is 6.39. The predicted octanol–water partition coefficient (Wildman–Crippen LogP) is 8.77. The van der Waals surface area contributed by atoms with Crippen LogP contribution in [-0.4, -0.2) is 37.2 Å². The maximum atomic E-state index is 15.6. The van der Waals surface area contributed by atoms with Crippen LogP contribution < -0.4 is 9.64 Å². The van der Waals surface area contributed by atoms with E-state index >= 15 is 4.39 Å². The van der Waals surface area contributed by atoms with Crippen LogP contribution in [-0.2, 0) is 12.1 Å². The molecule has 0 spiro atoms. The first-order valence-corrected chi connectivity index (χ1v) is 12.5. The maximum Gasteiger partial charge on any atom is 0.435 e. The molecular weight excluding hydrogens is 624 g/mol. The van der Waals surface area contributed by atoms with Gasteiger partial charge in [-0.15, -0.1) is 0 Å². The molecule has 0 aliphatic heterocycles. The molecule has 0 saturated heterocycles. The van der Waals surface area contributed by atoms with Crippen molar-refractivity contribution < 1.29 is 58.2 Å². The average Bonchev–Trinajstić information content (AvgIpc) is 2.89. The lowest BCUT2D eigenvalue weighted by Gasteiger charge is -2.31. The largest absolute Gasteiger partial charge is 0.435 e. The van der Waals surface area contributed by atoms with E-state index in [0.29, 0.717) is 5.56 Å². The number of carbonyl (C=O) groups is 2. The second-order valence-electron chi connectivity index (χ2n) is 9.07. The molecule has 3 rings (SSSR count). The molecule has 0 atom stereocenters. The number of rotatable bonds is 9. The highest BCUT2D eigenvalue weighted by atomic mass is 35.5. The van der Waals surface area contributed by atoms with Crippen molar-refractivity contribution in [2.75, 3.05) is 11.4 Å². The van der Waals surface area contributed by atoms with Gasteiger partial charge in [0.1, 0.15) is 5.75 Å². The number of hydrogen-bond acceptors (Lipinski definition) is 3. The molecule has 0 radical (unpaired) electrons. The molecule has 0 fully saturated rings. The van der Waals surface area contributed by atoms with Gasteiger partial charge in [-0.1, -0.05) is 35.9 Å². The molecule has 0 bridgehead atoms. The number of anilines is 1. The first kappa shape index (κ1) is 33.7. The Morgan fingerprint density at radius 3 is 2.02 bits per heavy atom. The zero-order chi connectivity index (χ0) is 32.5. The van der Waals surface area contributed by atoms with Gasteiger partial charge in [-0.25, -0.2) is 8.78 Å². The Balaban J connectivity index is 2.08. The molecule has 0 saturated carbocycles. The Labute approximate surface area is 242 Å². The number of aryl methyl sites for hydroxylation is 1. The summed E-state index contributed by atoms with van der Waals surface area (Å²) in [6.07, 6.45) is -14.4. The molecule has 0 N–H and O–H groups in total. The zero-order valence-corrected chi connectivity index (χ0v) is 22.8. The third-order valence-corrected chi connectivity index (χ3v) is 6.73. The van der Waals surface area contributed by atoms with E-state index in [9.17, 15) is 49.1 Å². The van der Waals surface area contributed by atoms with E-state index < -0.39 is 76.0 Å². The summed E-state index contributed by atoms with van der Waals surface area (Å²) < 4.78 is 140. The predicted molar refractivity (Wildman–Crippen MR) is 136 cm³/mol.